The highest BCUT2D eigenvalue weighted by Crippen LogP contribution is 2.37. The molecular weight excluding hydrogens is 520 g/mol. The molecule has 1 aromatic heterocycles. The van der Waals surface area contributed by atoms with Crippen LogP contribution in [0.4, 0.5) is 4.39 Å². The Morgan fingerprint density at radius 3 is 2.42 bits per heavy atom. The van der Waals surface area contributed by atoms with E-state index in [2.05, 4.69) is 5.32 Å². The molecule has 0 bridgehead atoms. The van der Waals surface area contributed by atoms with Gasteiger partial charge in [0.05, 0.1) is 21.9 Å². The van der Waals surface area contributed by atoms with E-state index in [9.17, 15) is 9.18 Å². The molecule has 5 rings (SSSR count). The summed E-state index contributed by atoms with van der Waals surface area (Å²) in [6.07, 6.45) is 5.40. The summed E-state index contributed by atoms with van der Waals surface area (Å²) < 4.78 is 15.3. The number of amides is 1. The third-order valence-electron chi connectivity index (χ3n) is 6.90. The third-order valence-corrected chi connectivity index (χ3v) is 7.43. The summed E-state index contributed by atoms with van der Waals surface area (Å²) >= 11 is 12.8. The van der Waals surface area contributed by atoms with Gasteiger partial charge in [0, 0.05) is 10.6 Å². The Balaban J connectivity index is 1.66. The second-order valence-corrected chi connectivity index (χ2v) is 10.9. The summed E-state index contributed by atoms with van der Waals surface area (Å²) in [4.78, 5) is 13.8. The number of halogens is 3. The number of carbonyl (C=O) groups is 1. The highest BCUT2D eigenvalue weighted by molar-refractivity contribution is 6.35. The molecule has 0 unspecified atom stereocenters. The molecule has 1 heterocycles. The van der Waals surface area contributed by atoms with Gasteiger partial charge in [-0.2, -0.15) is 5.10 Å². The zero-order chi connectivity index (χ0) is 26.9. The first kappa shape index (κ1) is 26.2. The normalized spacial score (nSPS) is 14.7. The van der Waals surface area contributed by atoms with Crippen LogP contribution in [-0.2, 0) is 12.0 Å². The van der Waals surface area contributed by atoms with Crippen molar-refractivity contribution in [2.75, 3.05) is 0 Å². The number of allylic oxidation sites excluding steroid dienone is 1. The van der Waals surface area contributed by atoms with Crippen LogP contribution in [0.5, 0.6) is 0 Å². The van der Waals surface area contributed by atoms with Crippen LogP contribution in [0.15, 0.2) is 72.8 Å². The summed E-state index contributed by atoms with van der Waals surface area (Å²) in [6, 6.07) is 21.5. The largest absolute Gasteiger partial charge is 0.342 e. The topological polar surface area (TPSA) is 46.9 Å². The molecule has 0 aliphatic heterocycles. The van der Waals surface area contributed by atoms with Gasteiger partial charge < -0.3 is 5.32 Å². The van der Waals surface area contributed by atoms with E-state index < -0.39 is 5.54 Å². The van der Waals surface area contributed by atoms with Crippen LogP contribution in [0.25, 0.3) is 17.3 Å². The average molecular weight is 548 g/mol. The van der Waals surface area contributed by atoms with Crippen molar-refractivity contribution in [1.29, 1.82) is 0 Å². The number of hydrogen-bond donors (Lipinski definition) is 1. The maximum Gasteiger partial charge on any atom is 0.272 e. The number of hydrogen-bond acceptors (Lipinski definition) is 2. The zero-order valence-electron chi connectivity index (χ0n) is 21.3. The molecule has 194 valence electrons. The first-order valence-corrected chi connectivity index (χ1v) is 13.4. The van der Waals surface area contributed by atoms with Crippen molar-refractivity contribution in [1.82, 2.24) is 15.1 Å². The molecule has 7 heteroatoms. The van der Waals surface area contributed by atoms with Crippen molar-refractivity contribution in [2.45, 2.75) is 45.1 Å². The fourth-order valence-corrected chi connectivity index (χ4v) is 5.42. The summed E-state index contributed by atoms with van der Waals surface area (Å²) in [5, 5.41) is 8.99. The molecule has 0 atom stereocenters. The number of benzene rings is 3. The van der Waals surface area contributed by atoms with Gasteiger partial charge in [0.15, 0.2) is 5.69 Å². The molecule has 0 radical (unpaired) electrons. The molecule has 3 aromatic carbocycles. The van der Waals surface area contributed by atoms with Crippen LogP contribution in [0.3, 0.4) is 0 Å². The van der Waals surface area contributed by atoms with Gasteiger partial charge in [-0.05, 0) is 92.6 Å². The molecule has 0 saturated carbocycles. The van der Waals surface area contributed by atoms with Crippen LogP contribution in [0.2, 0.25) is 10.0 Å². The Kier molecular flexibility index (Phi) is 7.42. The van der Waals surface area contributed by atoms with Crippen molar-refractivity contribution in [3.63, 3.8) is 0 Å². The minimum absolute atomic E-state index is 0.248. The lowest BCUT2D eigenvalue weighted by molar-refractivity contribution is 0.0905. The predicted molar refractivity (Wildman–Crippen MR) is 152 cm³/mol. The smallest absolute Gasteiger partial charge is 0.272 e. The number of carbonyl (C=O) groups excluding carboxylic acids is 1. The van der Waals surface area contributed by atoms with Gasteiger partial charge in [-0.15, -0.1) is 0 Å². The maximum atomic E-state index is 13.8. The first-order chi connectivity index (χ1) is 18.2. The second-order valence-electron chi connectivity index (χ2n) is 10.1. The van der Waals surface area contributed by atoms with E-state index in [0.29, 0.717) is 27.8 Å². The van der Waals surface area contributed by atoms with E-state index >= 15 is 0 Å². The first-order valence-electron chi connectivity index (χ1n) is 12.6. The van der Waals surface area contributed by atoms with Crippen molar-refractivity contribution < 1.29 is 9.18 Å². The predicted octanol–water partition coefficient (Wildman–Crippen LogP) is 8.25. The van der Waals surface area contributed by atoms with E-state index in [1.165, 1.54) is 12.1 Å². The summed E-state index contributed by atoms with van der Waals surface area (Å²) in [6.45, 7) is 3.96. The summed E-state index contributed by atoms with van der Waals surface area (Å²) in [5.74, 6) is -0.534. The second kappa shape index (κ2) is 10.8. The van der Waals surface area contributed by atoms with E-state index in [1.54, 1.807) is 28.9 Å². The SMILES string of the molecule is CC(C)(NC(=O)c1nn(-c2ccc(Cl)cc2Cl)c2c1CCCCC2=Cc1ccc(F)cc1)c1ccccc1. The highest BCUT2D eigenvalue weighted by Gasteiger charge is 2.31. The molecule has 4 aromatic rings. The lowest BCUT2D eigenvalue weighted by Gasteiger charge is -2.26. The molecule has 0 spiro atoms. The van der Waals surface area contributed by atoms with Crippen molar-refractivity contribution >= 4 is 40.8 Å². The molecule has 0 fully saturated rings. The number of fused-ring (bicyclic) bond motifs is 1. The Morgan fingerprint density at radius 2 is 1.71 bits per heavy atom. The summed E-state index contributed by atoms with van der Waals surface area (Å²) in [5.41, 5.74) is 5.02. The minimum atomic E-state index is -0.607. The maximum absolute atomic E-state index is 13.8. The minimum Gasteiger partial charge on any atom is -0.342 e. The van der Waals surface area contributed by atoms with Crippen LogP contribution in [-0.4, -0.2) is 15.7 Å². The van der Waals surface area contributed by atoms with Crippen LogP contribution < -0.4 is 5.32 Å². The number of rotatable bonds is 5. The van der Waals surface area contributed by atoms with Gasteiger partial charge in [0.2, 0.25) is 0 Å². The van der Waals surface area contributed by atoms with Gasteiger partial charge in [-0.3, -0.25) is 4.79 Å². The molecule has 0 saturated heterocycles. The number of nitrogens with one attached hydrogen (secondary N) is 1. The Labute approximate surface area is 232 Å². The van der Waals surface area contributed by atoms with Gasteiger partial charge in [-0.25, -0.2) is 9.07 Å². The fraction of sp³-hybridized carbons (Fsp3) is 0.226. The Hall–Kier alpha value is -3.41. The lowest BCUT2D eigenvalue weighted by Crippen LogP contribution is -2.41. The Morgan fingerprint density at radius 1 is 1.00 bits per heavy atom. The highest BCUT2D eigenvalue weighted by atomic mass is 35.5. The van der Waals surface area contributed by atoms with Crippen LogP contribution >= 0.6 is 23.2 Å². The molecule has 4 nitrogen and oxygen atoms in total. The average Bonchev–Trinajstić information content (AvgIpc) is 3.14. The van der Waals surface area contributed by atoms with E-state index in [1.807, 2.05) is 56.3 Å². The van der Waals surface area contributed by atoms with Crippen LogP contribution in [0.1, 0.15) is 66.0 Å². The van der Waals surface area contributed by atoms with Crippen molar-refractivity contribution in [3.8, 4) is 5.69 Å². The van der Waals surface area contributed by atoms with Gasteiger partial charge in [-0.1, -0.05) is 65.7 Å². The van der Waals surface area contributed by atoms with E-state index in [-0.39, 0.29) is 11.7 Å². The quantitative estimate of drug-likeness (QED) is 0.255. The molecule has 1 amide bonds. The zero-order valence-corrected chi connectivity index (χ0v) is 22.8. The van der Waals surface area contributed by atoms with E-state index in [4.69, 9.17) is 28.3 Å². The number of nitrogens with zero attached hydrogens (tertiary/aromatic N) is 2. The summed E-state index contributed by atoms with van der Waals surface area (Å²) in [7, 11) is 0. The van der Waals surface area contributed by atoms with Gasteiger partial charge in [0.25, 0.3) is 5.91 Å². The van der Waals surface area contributed by atoms with Crippen molar-refractivity contribution in [2.24, 2.45) is 0 Å². The molecule has 1 N–H and O–H groups in total. The van der Waals surface area contributed by atoms with E-state index in [0.717, 1.165) is 47.2 Å². The lowest BCUT2D eigenvalue weighted by atomic mass is 9.94. The van der Waals surface area contributed by atoms with Gasteiger partial charge in [0.1, 0.15) is 5.82 Å². The van der Waals surface area contributed by atoms with Crippen LogP contribution in [0, 0.1) is 5.82 Å². The van der Waals surface area contributed by atoms with Crippen molar-refractivity contribution in [3.05, 3.63) is 117 Å². The molecular formula is C31H28Cl2FN3O. The molecule has 38 heavy (non-hydrogen) atoms. The molecule has 1 aliphatic carbocycles. The third kappa shape index (κ3) is 5.40. The standard InChI is InChI=1S/C31H28Cl2FN3O/c1-31(2,22-9-4-3-5-10-22)35-30(38)28-25-11-7-6-8-21(18-20-12-15-24(34)16-13-20)29(25)37(36-28)27-17-14-23(32)19-26(27)33/h3-5,9-10,12-19H,6-8,11H2,1-2H3,(H,35,38). The fourth-order valence-electron chi connectivity index (χ4n) is 4.93. The van der Waals surface area contributed by atoms with Gasteiger partial charge >= 0.3 is 0 Å². The molecule has 1 aliphatic rings. The Bertz CT molecular complexity index is 1510. The number of aromatic nitrogens is 2. The monoisotopic (exact) mass is 547 g/mol.